The average molecular weight is 266 g/mol. The number of allylic oxidation sites excluding steroid dienone is 2. The Morgan fingerprint density at radius 1 is 1.22 bits per heavy atom. The van der Waals surface area contributed by atoms with Crippen LogP contribution in [0.25, 0.3) is 0 Å². The van der Waals surface area contributed by atoms with Crippen LogP contribution in [0, 0.1) is 0 Å². The van der Waals surface area contributed by atoms with Gasteiger partial charge >= 0.3 is 0 Å². The predicted octanol–water partition coefficient (Wildman–Crippen LogP) is 2.51. The first kappa shape index (κ1) is 13.0. The van der Waals surface area contributed by atoms with Crippen molar-refractivity contribution >= 4 is 11.6 Å². The quantitative estimate of drug-likeness (QED) is 0.879. The van der Waals surface area contributed by atoms with Crippen molar-refractivity contribution in [2.24, 2.45) is 0 Å². The second-order valence-corrected chi connectivity index (χ2v) is 4.68. The minimum Gasteiger partial charge on any atom is -0.510 e. The summed E-state index contributed by atoms with van der Waals surface area (Å²) in [7, 11) is 0. The molecule has 1 aromatic rings. The molecule has 1 unspecified atom stereocenters. The fourth-order valence-electron chi connectivity index (χ4n) is 2.05. The summed E-state index contributed by atoms with van der Waals surface area (Å²) < 4.78 is 0. The third-order valence-corrected chi connectivity index (χ3v) is 3.24. The van der Waals surface area contributed by atoms with Gasteiger partial charge in [0.2, 0.25) is 0 Å². The van der Waals surface area contributed by atoms with E-state index in [2.05, 4.69) is 0 Å². The maximum absolute atomic E-state index is 9.94. The first-order valence-electron chi connectivity index (χ1n) is 5.89. The van der Waals surface area contributed by atoms with Gasteiger partial charge in [0.1, 0.15) is 5.76 Å². The molecule has 0 amide bonds. The highest BCUT2D eigenvalue weighted by Gasteiger charge is 2.21. The molecule has 96 valence electrons. The van der Waals surface area contributed by atoms with Gasteiger partial charge in [-0.25, -0.2) is 0 Å². The van der Waals surface area contributed by atoms with E-state index in [0.29, 0.717) is 23.7 Å². The Kier molecular flexibility index (Phi) is 4.28. The number of hydrogen-bond donors (Lipinski definition) is 2. The van der Waals surface area contributed by atoms with Crippen molar-refractivity contribution < 1.29 is 10.2 Å². The first-order valence-corrected chi connectivity index (χ1v) is 6.27. The van der Waals surface area contributed by atoms with Crippen LogP contribution in [0.5, 0.6) is 0 Å². The summed E-state index contributed by atoms with van der Waals surface area (Å²) in [6.45, 7) is 0.571. The lowest BCUT2D eigenvalue weighted by Gasteiger charge is -2.31. The Morgan fingerprint density at radius 3 is 2.61 bits per heavy atom. The monoisotopic (exact) mass is 265 g/mol. The maximum Gasteiger partial charge on any atom is 0.115 e. The number of hydrogen-bond acceptors (Lipinski definition) is 3. The lowest BCUT2D eigenvalue weighted by atomic mass is 10.0. The van der Waals surface area contributed by atoms with Crippen molar-refractivity contribution in [1.29, 1.82) is 0 Å². The topological polar surface area (TPSA) is 43.7 Å². The largest absolute Gasteiger partial charge is 0.510 e. The Balaban J connectivity index is 2.12. The molecule has 0 radical (unpaired) electrons. The van der Waals surface area contributed by atoms with Crippen LogP contribution in [0.3, 0.4) is 0 Å². The Hall–Kier alpha value is -1.45. The fraction of sp³-hybridized carbons (Fsp3) is 0.286. The van der Waals surface area contributed by atoms with Crippen LogP contribution in [0.2, 0.25) is 5.02 Å². The molecule has 1 aromatic carbocycles. The number of nitrogens with zero attached hydrogens (tertiary/aromatic N) is 1. The van der Waals surface area contributed by atoms with Crippen molar-refractivity contribution in [1.82, 2.24) is 4.90 Å². The van der Waals surface area contributed by atoms with Crippen molar-refractivity contribution in [2.45, 2.75) is 12.5 Å². The van der Waals surface area contributed by atoms with Gasteiger partial charge in [-0.05, 0) is 42.5 Å². The summed E-state index contributed by atoms with van der Waals surface area (Å²) in [5.74, 6) is 0.320. The second kappa shape index (κ2) is 5.94. The zero-order valence-corrected chi connectivity index (χ0v) is 10.7. The van der Waals surface area contributed by atoms with E-state index in [0.717, 1.165) is 5.56 Å². The van der Waals surface area contributed by atoms with Crippen LogP contribution >= 0.6 is 11.6 Å². The van der Waals surface area contributed by atoms with Crippen LogP contribution in [-0.2, 0) is 6.42 Å². The van der Waals surface area contributed by atoms with Crippen LogP contribution in [0.4, 0.5) is 0 Å². The molecule has 0 fully saturated rings. The minimum atomic E-state index is -0.122. The van der Waals surface area contributed by atoms with Gasteiger partial charge in [-0.3, -0.25) is 0 Å². The summed E-state index contributed by atoms with van der Waals surface area (Å²) in [5.41, 5.74) is 1.10. The molecule has 2 N–H and O–H groups in total. The smallest absolute Gasteiger partial charge is 0.115 e. The van der Waals surface area contributed by atoms with Gasteiger partial charge in [-0.2, -0.15) is 0 Å². The highest BCUT2D eigenvalue weighted by Crippen LogP contribution is 2.20. The van der Waals surface area contributed by atoms with E-state index < -0.39 is 0 Å². The van der Waals surface area contributed by atoms with E-state index in [4.69, 9.17) is 16.7 Å². The summed E-state index contributed by atoms with van der Waals surface area (Å²) in [6.07, 6.45) is 6.04. The van der Waals surface area contributed by atoms with Gasteiger partial charge in [0.25, 0.3) is 0 Å². The van der Waals surface area contributed by atoms with E-state index in [9.17, 15) is 5.11 Å². The molecule has 1 heterocycles. The van der Waals surface area contributed by atoms with Crippen molar-refractivity contribution in [2.75, 3.05) is 13.2 Å². The molecule has 0 bridgehead atoms. The maximum atomic E-state index is 9.94. The molecular weight excluding hydrogens is 250 g/mol. The molecule has 2 rings (SSSR count). The Morgan fingerprint density at radius 2 is 1.94 bits per heavy atom. The van der Waals surface area contributed by atoms with E-state index in [1.165, 1.54) is 0 Å². The fourth-order valence-corrected chi connectivity index (χ4v) is 2.17. The van der Waals surface area contributed by atoms with E-state index >= 15 is 0 Å². The van der Waals surface area contributed by atoms with Crippen LogP contribution in [0.15, 0.2) is 48.4 Å². The normalized spacial score (nSPS) is 18.9. The molecule has 4 heteroatoms. The number of β-amino-alcohol motifs (C(OH)–C–C–N with tert-alkyl or cyclic N) is 1. The standard InChI is InChI=1S/C14H16ClNO2/c15-12-5-3-11(4-6-12)10-13-14(18)2-1-7-16(13)8-9-17/h1-7,13,17-18H,8-10H2. The van der Waals surface area contributed by atoms with Gasteiger partial charge < -0.3 is 15.1 Å². The number of rotatable bonds is 4. The molecule has 0 saturated carbocycles. The molecule has 1 atom stereocenters. The van der Waals surface area contributed by atoms with Crippen molar-refractivity contribution in [3.05, 3.63) is 59.0 Å². The van der Waals surface area contributed by atoms with Gasteiger partial charge in [-0.1, -0.05) is 23.7 Å². The molecule has 0 aromatic heterocycles. The molecule has 0 aliphatic carbocycles. The number of aliphatic hydroxyl groups excluding tert-OH is 2. The molecule has 1 aliphatic heterocycles. The lowest BCUT2D eigenvalue weighted by molar-refractivity contribution is 0.181. The van der Waals surface area contributed by atoms with Gasteiger partial charge in [0, 0.05) is 11.6 Å². The number of benzene rings is 1. The molecule has 18 heavy (non-hydrogen) atoms. The molecule has 1 aliphatic rings. The number of halogens is 1. The SMILES string of the molecule is OCCN1C=CC=C(O)C1Cc1ccc(Cl)cc1. The summed E-state index contributed by atoms with van der Waals surface area (Å²) in [4.78, 5) is 1.93. The van der Waals surface area contributed by atoms with Crippen LogP contribution < -0.4 is 0 Å². The molecular formula is C14H16ClNO2. The highest BCUT2D eigenvalue weighted by atomic mass is 35.5. The van der Waals surface area contributed by atoms with Gasteiger partial charge in [-0.15, -0.1) is 0 Å². The van der Waals surface area contributed by atoms with E-state index in [1.807, 2.05) is 35.4 Å². The second-order valence-electron chi connectivity index (χ2n) is 4.24. The first-order chi connectivity index (χ1) is 8.70. The Labute approximate surface area is 112 Å². The van der Waals surface area contributed by atoms with E-state index in [1.54, 1.807) is 12.2 Å². The van der Waals surface area contributed by atoms with Gasteiger partial charge in [0.15, 0.2) is 0 Å². The summed E-state index contributed by atoms with van der Waals surface area (Å²) >= 11 is 5.85. The van der Waals surface area contributed by atoms with Crippen LogP contribution in [-0.4, -0.2) is 34.3 Å². The minimum absolute atomic E-state index is 0.0642. The van der Waals surface area contributed by atoms with Crippen molar-refractivity contribution in [3.8, 4) is 0 Å². The highest BCUT2D eigenvalue weighted by molar-refractivity contribution is 6.30. The van der Waals surface area contributed by atoms with Gasteiger partial charge in [0.05, 0.1) is 12.6 Å². The third kappa shape index (κ3) is 3.06. The summed E-state index contributed by atoms with van der Waals surface area (Å²) in [5, 5.41) is 19.7. The molecule has 3 nitrogen and oxygen atoms in total. The zero-order chi connectivity index (χ0) is 13.0. The number of aliphatic hydroxyl groups is 2. The predicted molar refractivity (Wildman–Crippen MR) is 72.6 cm³/mol. The van der Waals surface area contributed by atoms with Crippen LogP contribution in [0.1, 0.15) is 5.56 Å². The summed E-state index contributed by atoms with van der Waals surface area (Å²) in [6, 6.07) is 7.46. The third-order valence-electron chi connectivity index (χ3n) is 2.99. The average Bonchev–Trinajstić information content (AvgIpc) is 2.36. The van der Waals surface area contributed by atoms with E-state index in [-0.39, 0.29) is 12.6 Å². The zero-order valence-electron chi connectivity index (χ0n) is 9.96. The Bertz CT molecular complexity index is 453. The molecule has 0 spiro atoms. The molecule has 0 saturated heterocycles. The van der Waals surface area contributed by atoms with Crippen molar-refractivity contribution in [3.63, 3.8) is 0 Å². The lowest BCUT2D eigenvalue weighted by Crippen LogP contribution is -2.37.